The van der Waals surface area contributed by atoms with E-state index in [2.05, 4.69) is 34.3 Å². The largest absolute Gasteiger partial charge is 0.356 e. The molecule has 2 heterocycles. The number of aromatic nitrogens is 2. The van der Waals surface area contributed by atoms with Gasteiger partial charge in [-0.25, -0.2) is 15.8 Å². The van der Waals surface area contributed by atoms with Crippen molar-refractivity contribution in [3.8, 4) is 0 Å². The minimum absolute atomic E-state index is 0.545. The SMILES string of the molecule is CN(C)CC1CCN(c2cc(NN)nc(C3CC3)n2)CC1. The number of anilines is 2. The van der Waals surface area contributed by atoms with Crippen molar-refractivity contribution in [2.24, 2.45) is 11.8 Å². The number of hydrogen-bond donors (Lipinski definition) is 2. The van der Waals surface area contributed by atoms with Crippen molar-refractivity contribution in [1.29, 1.82) is 0 Å². The number of nitrogens with two attached hydrogens (primary N) is 1. The average Bonchev–Trinajstić information content (AvgIpc) is 3.31. The standard InChI is InChI=1S/C15H26N6/c1-20(2)10-11-5-7-21(8-6-11)14-9-13(19-16)17-15(18-14)12-3-4-12/h9,11-12H,3-8,10,16H2,1-2H3,(H,17,18,19). The van der Waals surface area contributed by atoms with E-state index in [1.807, 2.05) is 6.07 Å². The molecule has 1 aliphatic carbocycles. The molecule has 1 aromatic heterocycles. The fourth-order valence-corrected chi connectivity index (χ4v) is 3.07. The molecule has 0 bridgehead atoms. The monoisotopic (exact) mass is 290 g/mol. The first-order valence-corrected chi connectivity index (χ1v) is 7.91. The van der Waals surface area contributed by atoms with Gasteiger partial charge in [0.2, 0.25) is 0 Å². The van der Waals surface area contributed by atoms with E-state index in [1.165, 1.54) is 32.2 Å². The second-order valence-electron chi connectivity index (χ2n) is 6.58. The van der Waals surface area contributed by atoms with Crippen LogP contribution in [-0.2, 0) is 0 Å². The summed E-state index contributed by atoms with van der Waals surface area (Å²) in [6.07, 6.45) is 4.87. The van der Waals surface area contributed by atoms with Crippen molar-refractivity contribution < 1.29 is 0 Å². The molecule has 1 aromatic rings. The Morgan fingerprint density at radius 3 is 2.52 bits per heavy atom. The van der Waals surface area contributed by atoms with E-state index in [-0.39, 0.29) is 0 Å². The van der Waals surface area contributed by atoms with Gasteiger partial charge in [0.05, 0.1) is 0 Å². The smallest absolute Gasteiger partial charge is 0.145 e. The quantitative estimate of drug-likeness (QED) is 0.631. The van der Waals surface area contributed by atoms with Gasteiger partial charge in [-0.05, 0) is 45.7 Å². The normalized spacial score (nSPS) is 20.1. The number of nitrogen functional groups attached to an aromatic ring is 1. The third-order valence-corrected chi connectivity index (χ3v) is 4.38. The van der Waals surface area contributed by atoms with Gasteiger partial charge < -0.3 is 15.2 Å². The zero-order valence-electron chi connectivity index (χ0n) is 13.0. The number of piperidine rings is 1. The van der Waals surface area contributed by atoms with Gasteiger partial charge in [-0.2, -0.15) is 0 Å². The van der Waals surface area contributed by atoms with Gasteiger partial charge in [-0.1, -0.05) is 0 Å². The zero-order valence-corrected chi connectivity index (χ0v) is 13.0. The van der Waals surface area contributed by atoms with Crippen molar-refractivity contribution in [3.63, 3.8) is 0 Å². The molecule has 0 unspecified atom stereocenters. The Labute approximate surface area is 126 Å². The maximum atomic E-state index is 5.55. The first-order valence-electron chi connectivity index (χ1n) is 7.91. The van der Waals surface area contributed by atoms with Crippen LogP contribution < -0.4 is 16.2 Å². The summed E-state index contributed by atoms with van der Waals surface area (Å²) in [6, 6.07) is 1.97. The van der Waals surface area contributed by atoms with Crippen LogP contribution in [0.3, 0.4) is 0 Å². The molecule has 3 rings (SSSR count). The Balaban J connectivity index is 1.68. The molecule has 116 valence electrons. The minimum atomic E-state index is 0.545. The fourth-order valence-electron chi connectivity index (χ4n) is 3.07. The van der Waals surface area contributed by atoms with E-state index in [0.717, 1.165) is 36.5 Å². The number of rotatable bonds is 5. The van der Waals surface area contributed by atoms with E-state index >= 15 is 0 Å². The summed E-state index contributed by atoms with van der Waals surface area (Å²) in [6.45, 7) is 3.33. The summed E-state index contributed by atoms with van der Waals surface area (Å²) in [7, 11) is 4.30. The molecule has 3 N–H and O–H groups in total. The van der Waals surface area contributed by atoms with Gasteiger partial charge in [0, 0.05) is 31.6 Å². The third kappa shape index (κ3) is 3.63. The van der Waals surface area contributed by atoms with E-state index in [4.69, 9.17) is 10.8 Å². The Morgan fingerprint density at radius 2 is 1.95 bits per heavy atom. The van der Waals surface area contributed by atoms with Crippen molar-refractivity contribution in [3.05, 3.63) is 11.9 Å². The highest BCUT2D eigenvalue weighted by atomic mass is 15.3. The van der Waals surface area contributed by atoms with Gasteiger partial charge in [-0.3, -0.25) is 0 Å². The summed E-state index contributed by atoms with van der Waals surface area (Å²) < 4.78 is 0. The lowest BCUT2D eigenvalue weighted by atomic mass is 9.96. The Bertz CT molecular complexity index is 477. The lowest BCUT2D eigenvalue weighted by Crippen LogP contribution is -2.37. The van der Waals surface area contributed by atoms with Gasteiger partial charge in [0.25, 0.3) is 0 Å². The summed E-state index contributed by atoms with van der Waals surface area (Å²) >= 11 is 0. The Morgan fingerprint density at radius 1 is 1.24 bits per heavy atom. The number of hydrogen-bond acceptors (Lipinski definition) is 6. The van der Waals surface area contributed by atoms with E-state index in [9.17, 15) is 0 Å². The topological polar surface area (TPSA) is 70.3 Å². The van der Waals surface area contributed by atoms with Gasteiger partial charge in [-0.15, -0.1) is 0 Å². The highest BCUT2D eigenvalue weighted by Crippen LogP contribution is 2.39. The first-order chi connectivity index (χ1) is 10.2. The third-order valence-electron chi connectivity index (χ3n) is 4.38. The van der Waals surface area contributed by atoms with Gasteiger partial charge in [0.15, 0.2) is 0 Å². The summed E-state index contributed by atoms with van der Waals surface area (Å²) in [5.41, 5.74) is 2.68. The second kappa shape index (κ2) is 6.15. The van der Waals surface area contributed by atoms with Gasteiger partial charge >= 0.3 is 0 Å². The van der Waals surface area contributed by atoms with E-state index in [1.54, 1.807) is 0 Å². The molecule has 0 spiro atoms. The van der Waals surface area contributed by atoms with Crippen LogP contribution >= 0.6 is 0 Å². The van der Waals surface area contributed by atoms with Gasteiger partial charge in [0.1, 0.15) is 17.5 Å². The Kier molecular flexibility index (Phi) is 4.26. The lowest BCUT2D eigenvalue weighted by molar-refractivity contribution is 0.284. The van der Waals surface area contributed by atoms with Crippen LogP contribution in [-0.4, -0.2) is 48.6 Å². The van der Waals surface area contributed by atoms with Crippen LogP contribution in [0.2, 0.25) is 0 Å². The molecule has 1 aliphatic heterocycles. The molecule has 6 nitrogen and oxygen atoms in total. The highest BCUT2D eigenvalue weighted by molar-refractivity contribution is 5.49. The van der Waals surface area contributed by atoms with Crippen LogP contribution in [0, 0.1) is 5.92 Å². The highest BCUT2D eigenvalue weighted by Gasteiger charge is 2.28. The number of nitrogens with one attached hydrogen (secondary N) is 1. The summed E-state index contributed by atoms with van der Waals surface area (Å²) in [5.74, 6) is 9.61. The zero-order chi connectivity index (χ0) is 14.8. The first kappa shape index (κ1) is 14.5. The van der Waals surface area contributed by atoms with Crippen molar-refractivity contribution in [2.45, 2.75) is 31.6 Å². The Hall–Kier alpha value is -1.40. The predicted octanol–water partition coefficient (Wildman–Crippen LogP) is 1.42. The van der Waals surface area contributed by atoms with Crippen LogP contribution in [0.15, 0.2) is 6.07 Å². The van der Waals surface area contributed by atoms with Crippen LogP contribution in [0.25, 0.3) is 0 Å². The maximum absolute atomic E-state index is 5.55. The summed E-state index contributed by atoms with van der Waals surface area (Å²) in [4.78, 5) is 13.9. The van der Waals surface area contributed by atoms with Crippen LogP contribution in [0.4, 0.5) is 11.6 Å². The van der Waals surface area contributed by atoms with E-state index in [0.29, 0.717) is 5.92 Å². The molecule has 0 aromatic carbocycles. The number of hydrazine groups is 1. The molecule has 1 saturated carbocycles. The molecule has 6 heteroatoms. The molecule has 1 saturated heterocycles. The molecular weight excluding hydrogens is 264 g/mol. The predicted molar refractivity (Wildman–Crippen MR) is 85.3 cm³/mol. The van der Waals surface area contributed by atoms with E-state index < -0.39 is 0 Å². The minimum Gasteiger partial charge on any atom is -0.356 e. The second-order valence-corrected chi connectivity index (χ2v) is 6.58. The number of nitrogens with zero attached hydrogens (tertiary/aromatic N) is 4. The average molecular weight is 290 g/mol. The molecule has 2 aliphatic rings. The molecule has 21 heavy (non-hydrogen) atoms. The fraction of sp³-hybridized carbons (Fsp3) is 0.733. The molecule has 0 amide bonds. The maximum Gasteiger partial charge on any atom is 0.145 e. The summed E-state index contributed by atoms with van der Waals surface area (Å²) in [5, 5.41) is 0. The van der Waals surface area contributed by atoms with Crippen molar-refractivity contribution in [1.82, 2.24) is 14.9 Å². The molecule has 0 radical (unpaired) electrons. The molecular formula is C15H26N6. The molecule has 0 atom stereocenters. The van der Waals surface area contributed by atoms with Crippen molar-refractivity contribution >= 4 is 11.6 Å². The van der Waals surface area contributed by atoms with Crippen LogP contribution in [0.5, 0.6) is 0 Å². The molecule has 2 fully saturated rings. The van der Waals surface area contributed by atoms with Crippen molar-refractivity contribution in [2.75, 3.05) is 44.1 Å². The van der Waals surface area contributed by atoms with Crippen LogP contribution in [0.1, 0.15) is 37.4 Å². The lowest BCUT2D eigenvalue weighted by Gasteiger charge is -2.34.